The molecule has 0 atom stereocenters. The maximum absolute atomic E-state index is 10.6. The molecule has 6 nitrogen and oxygen atoms in total. The molecule has 0 bridgehead atoms. The molecule has 5 N–H and O–H groups in total. The molecular weight excluding hydrogens is 218 g/mol. The minimum Gasteiger partial charge on any atom is -0.369 e. The first-order chi connectivity index (χ1) is 8.08. The predicted molar refractivity (Wildman–Crippen MR) is 66.5 cm³/mol. The monoisotopic (exact) mass is 233 g/mol. The number of nitrogens with zero attached hydrogens (tertiary/aromatic N) is 2. The summed E-state index contributed by atoms with van der Waals surface area (Å²) in [5.74, 6) is 0.442. The molecule has 1 heterocycles. The summed E-state index contributed by atoms with van der Waals surface area (Å²) in [7, 11) is 0. The first-order valence-corrected chi connectivity index (χ1v) is 5.33. The Morgan fingerprint density at radius 1 is 1.53 bits per heavy atom. The standard InChI is InChI=1S/C11H15N5O/c1-7-2-3-9-8(6-7)15-10(12)16(9)5-4-14-11(13)17/h2-3,6H,4-5H2,1H3,(H2,12,15)(H3,13,14,17). The van der Waals surface area contributed by atoms with Gasteiger partial charge in [0, 0.05) is 13.1 Å². The number of aryl methyl sites for hydroxylation is 1. The van der Waals surface area contributed by atoms with E-state index in [4.69, 9.17) is 11.5 Å². The van der Waals surface area contributed by atoms with Gasteiger partial charge < -0.3 is 21.4 Å². The lowest BCUT2D eigenvalue weighted by Gasteiger charge is -2.06. The first-order valence-electron chi connectivity index (χ1n) is 5.33. The highest BCUT2D eigenvalue weighted by atomic mass is 16.2. The second kappa shape index (κ2) is 4.32. The number of carbonyl (C=O) groups excluding carboxylic acids is 1. The number of hydrogen-bond donors (Lipinski definition) is 3. The summed E-state index contributed by atoms with van der Waals surface area (Å²) in [6.07, 6.45) is 0. The van der Waals surface area contributed by atoms with Crippen LogP contribution >= 0.6 is 0 Å². The average Bonchev–Trinajstić information content (AvgIpc) is 2.54. The maximum Gasteiger partial charge on any atom is 0.312 e. The summed E-state index contributed by atoms with van der Waals surface area (Å²) in [6.45, 7) is 2.98. The second-order valence-corrected chi connectivity index (χ2v) is 3.90. The normalized spacial score (nSPS) is 10.6. The highest BCUT2D eigenvalue weighted by Gasteiger charge is 2.07. The molecule has 2 amide bonds. The van der Waals surface area contributed by atoms with Gasteiger partial charge in [0.25, 0.3) is 0 Å². The Morgan fingerprint density at radius 2 is 2.29 bits per heavy atom. The lowest BCUT2D eigenvalue weighted by Crippen LogP contribution is -2.32. The third kappa shape index (κ3) is 2.30. The number of urea groups is 1. The number of nitrogens with one attached hydrogen (secondary N) is 1. The average molecular weight is 233 g/mol. The van der Waals surface area contributed by atoms with Crippen molar-refractivity contribution < 1.29 is 4.79 Å². The molecule has 90 valence electrons. The van der Waals surface area contributed by atoms with E-state index < -0.39 is 6.03 Å². The first kappa shape index (κ1) is 11.3. The molecule has 0 saturated carbocycles. The number of benzene rings is 1. The third-order valence-electron chi connectivity index (χ3n) is 2.57. The SMILES string of the molecule is Cc1ccc2c(c1)nc(N)n2CCNC(N)=O. The number of fused-ring (bicyclic) bond motifs is 1. The summed E-state index contributed by atoms with van der Waals surface area (Å²) in [4.78, 5) is 14.8. The van der Waals surface area contributed by atoms with Crippen LogP contribution in [-0.4, -0.2) is 22.1 Å². The molecular formula is C11H15N5O. The van der Waals surface area contributed by atoms with Crippen LogP contribution in [0.1, 0.15) is 5.56 Å². The van der Waals surface area contributed by atoms with Crippen molar-refractivity contribution in [3.8, 4) is 0 Å². The second-order valence-electron chi connectivity index (χ2n) is 3.90. The molecule has 2 rings (SSSR count). The van der Waals surface area contributed by atoms with Gasteiger partial charge in [-0.1, -0.05) is 6.07 Å². The number of anilines is 1. The summed E-state index contributed by atoms with van der Waals surface area (Å²) < 4.78 is 1.85. The zero-order valence-corrected chi connectivity index (χ0v) is 9.60. The van der Waals surface area contributed by atoms with Gasteiger partial charge in [-0.15, -0.1) is 0 Å². The van der Waals surface area contributed by atoms with Crippen LogP contribution in [0.25, 0.3) is 11.0 Å². The van der Waals surface area contributed by atoms with Crippen molar-refractivity contribution in [2.75, 3.05) is 12.3 Å². The fourth-order valence-electron chi connectivity index (χ4n) is 1.78. The van der Waals surface area contributed by atoms with E-state index in [1.165, 1.54) is 0 Å². The molecule has 0 aliphatic heterocycles. The molecule has 0 aliphatic rings. The molecule has 2 aromatic rings. The van der Waals surface area contributed by atoms with E-state index in [1.54, 1.807) is 0 Å². The highest BCUT2D eigenvalue weighted by molar-refractivity contribution is 5.79. The quantitative estimate of drug-likeness (QED) is 0.723. The van der Waals surface area contributed by atoms with Gasteiger partial charge in [0.1, 0.15) is 0 Å². The Bertz CT molecular complexity index is 560. The van der Waals surface area contributed by atoms with Crippen molar-refractivity contribution in [1.82, 2.24) is 14.9 Å². The van der Waals surface area contributed by atoms with E-state index in [0.717, 1.165) is 16.6 Å². The van der Waals surface area contributed by atoms with E-state index in [2.05, 4.69) is 10.3 Å². The lowest BCUT2D eigenvalue weighted by atomic mass is 10.2. The summed E-state index contributed by atoms with van der Waals surface area (Å²) in [5.41, 5.74) is 13.8. The van der Waals surface area contributed by atoms with E-state index >= 15 is 0 Å². The van der Waals surface area contributed by atoms with E-state index in [0.29, 0.717) is 19.0 Å². The Labute approximate surface area is 98.6 Å². The number of aromatic nitrogens is 2. The molecule has 0 aliphatic carbocycles. The molecule has 0 spiro atoms. The number of nitrogen functional groups attached to an aromatic ring is 1. The lowest BCUT2D eigenvalue weighted by molar-refractivity contribution is 0.248. The number of primary amides is 1. The molecule has 1 aromatic heterocycles. The minimum absolute atomic E-state index is 0.429. The van der Waals surface area contributed by atoms with Gasteiger partial charge >= 0.3 is 6.03 Å². The van der Waals surface area contributed by atoms with Crippen LogP contribution in [0, 0.1) is 6.92 Å². The maximum atomic E-state index is 10.6. The molecule has 17 heavy (non-hydrogen) atoms. The number of carbonyl (C=O) groups is 1. The van der Waals surface area contributed by atoms with Crippen molar-refractivity contribution in [1.29, 1.82) is 0 Å². The van der Waals surface area contributed by atoms with Crippen LogP contribution in [0.15, 0.2) is 18.2 Å². The van der Waals surface area contributed by atoms with E-state index in [9.17, 15) is 4.79 Å². The number of imidazole rings is 1. The summed E-state index contributed by atoms with van der Waals surface area (Å²) in [6, 6.07) is 5.41. The molecule has 0 fully saturated rings. The van der Waals surface area contributed by atoms with Gasteiger partial charge in [0.15, 0.2) is 0 Å². The Morgan fingerprint density at radius 3 is 3.00 bits per heavy atom. The third-order valence-corrected chi connectivity index (χ3v) is 2.57. The molecule has 0 saturated heterocycles. The van der Waals surface area contributed by atoms with Crippen molar-refractivity contribution in [2.24, 2.45) is 5.73 Å². The van der Waals surface area contributed by atoms with Gasteiger partial charge in [0.05, 0.1) is 11.0 Å². The Hall–Kier alpha value is -2.24. The van der Waals surface area contributed by atoms with Gasteiger partial charge in [-0.2, -0.15) is 0 Å². The van der Waals surface area contributed by atoms with Gasteiger partial charge in [-0.25, -0.2) is 9.78 Å². The topological polar surface area (TPSA) is 99.0 Å². The van der Waals surface area contributed by atoms with Crippen LogP contribution < -0.4 is 16.8 Å². The molecule has 6 heteroatoms. The highest BCUT2D eigenvalue weighted by Crippen LogP contribution is 2.18. The largest absolute Gasteiger partial charge is 0.369 e. The minimum atomic E-state index is -0.538. The van der Waals surface area contributed by atoms with Gasteiger partial charge in [0.2, 0.25) is 5.95 Å². The Balaban J connectivity index is 2.27. The predicted octanol–water partition coefficient (Wildman–Crippen LogP) is 0.595. The number of hydrogen-bond acceptors (Lipinski definition) is 3. The van der Waals surface area contributed by atoms with E-state index in [1.807, 2.05) is 29.7 Å². The summed E-state index contributed by atoms with van der Waals surface area (Å²) >= 11 is 0. The summed E-state index contributed by atoms with van der Waals surface area (Å²) in [5, 5.41) is 2.52. The number of amides is 2. The van der Waals surface area contributed by atoms with Crippen LogP contribution in [0.4, 0.5) is 10.7 Å². The van der Waals surface area contributed by atoms with Crippen LogP contribution in [0.2, 0.25) is 0 Å². The van der Waals surface area contributed by atoms with Crippen LogP contribution in [-0.2, 0) is 6.54 Å². The molecule has 0 radical (unpaired) electrons. The smallest absolute Gasteiger partial charge is 0.312 e. The van der Waals surface area contributed by atoms with Crippen LogP contribution in [0.3, 0.4) is 0 Å². The number of nitrogens with two attached hydrogens (primary N) is 2. The zero-order valence-electron chi connectivity index (χ0n) is 9.60. The van der Waals surface area contributed by atoms with Crippen molar-refractivity contribution in [2.45, 2.75) is 13.5 Å². The van der Waals surface area contributed by atoms with Gasteiger partial charge in [-0.05, 0) is 24.6 Å². The van der Waals surface area contributed by atoms with E-state index in [-0.39, 0.29) is 0 Å². The fraction of sp³-hybridized carbons (Fsp3) is 0.273. The zero-order chi connectivity index (χ0) is 12.4. The molecule has 1 aromatic carbocycles. The Kier molecular flexibility index (Phi) is 2.86. The number of rotatable bonds is 3. The van der Waals surface area contributed by atoms with Gasteiger partial charge in [-0.3, -0.25) is 0 Å². The fourth-order valence-corrected chi connectivity index (χ4v) is 1.78. The van der Waals surface area contributed by atoms with Crippen molar-refractivity contribution in [3.63, 3.8) is 0 Å². The van der Waals surface area contributed by atoms with Crippen molar-refractivity contribution in [3.05, 3.63) is 23.8 Å². The van der Waals surface area contributed by atoms with Crippen LogP contribution in [0.5, 0.6) is 0 Å². The molecule has 0 unspecified atom stereocenters. The van der Waals surface area contributed by atoms with Crippen molar-refractivity contribution >= 4 is 23.0 Å².